The van der Waals surface area contributed by atoms with E-state index in [1.807, 2.05) is 18.2 Å². The number of aryl methyl sites for hydroxylation is 1. The van der Waals surface area contributed by atoms with E-state index in [-0.39, 0.29) is 18.5 Å². The first-order chi connectivity index (χ1) is 17.3. The van der Waals surface area contributed by atoms with E-state index in [1.54, 1.807) is 26.0 Å². The van der Waals surface area contributed by atoms with Crippen molar-refractivity contribution in [3.8, 4) is 11.5 Å². The lowest BCUT2D eigenvalue weighted by Crippen LogP contribution is -2.49. The molecule has 0 aromatic heterocycles. The van der Waals surface area contributed by atoms with Crippen molar-refractivity contribution in [2.24, 2.45) is 0 Å². The third-order valence-corrected chi connectivity index (χ3v) is 7.15. The number of hydrogen-bond acceptors (Lipinski definition) is 5. The second-order valence-electron chi connectivity index (χ2n) is 9.42. The average molecular weight is 498 g/mol. The number of ether oxygens (including phenoxy) is 2. The third kappa shape index (κ3) is 5.01. The van der Waals surface area contributed by atoms with E-state index in [9.17, 15) is 18.8 Å². The van der Waals surface area contributed by atoms with Crippen LogP contribution in [0.1, 0.15) is 43.7 Å². The highest BCUT2D eigenvalue weighted by Gasteiger charge is 2.50. The molecule has 2 saturated heterocycles. The van der Waals surface area contributed by atoms with Gasteiger partial charge in [-0.05, 0) is 74.4 Å². The van der Waals surface area contributed by atoms with Gasteiger partial charge in [-0.2, -0.15) is 0 Å². The minimum absolute atomic E-state index is 0.0172. The Morgan fingerprint density at radius 2 is 1.81 bits per heavy atom. The highest BCUT2D eigenvalue weighted by molar-refractivity contribution is 6.09. The summed E-state index contributed by atoms with van der Waals surface area (Å²) in [6.07, 6.45) is 4.28. The zero-order chi connectivity index (χ0) is 25.9. The van der Waals surface area contributed by atoms with Gasteiger partial charge in [0.05, 0.1) is 14.2 Å². The van der Waals surface area contributed by atoms with Gasteiger partial charge in [-0.1, -0.05) is 18.2 Å². The Balaban J connectivity index is 1.43. The van der Waals surface area contributed by atoms with Gasteiger partial charge in [0, 0.05) is 12.6 Å². The predicted octanol–water partition coefficient (Wildman–Crippen LogP) is 3.62. The fourth-order valence-corrected chi connectivity index (χ4v) is 5.04. The molecule has 0 radical (unpaired) electrons. The van der Waals surface area contributed by atoms with Crippen LogP contribution in [0.4, 0.5) is 9.18 Å². The van der Waals surface area contributed by atoms with Gasteiger partial charge in [0.2, 0.25) is 5.91 Å². The first kappa shape index (κ1) is 25.5. The average Bonchev–Trinajstić information content (AvgIpc) is 3.11. The molecule has 2 aromatic rings. The summed E-state index contributed by atoms with van der Waals surface area (Å²) in [7, 11) is 3.19. The minimum Gasteiger partial charge on any atom is -0.493 e. The molecule has 0 aliphatic carbocycles. The SMILES string of the molecule is COc1ccc(CCC2CCCCN2C(=O)CN2C(=O)NC(C)(c3ccc(F)cc3)C2=O)cc1OC. The van der Waals surface area contributed by atoms with Crippen molar-refractivity contribution in [1.29, 1.82) is 0 Å². The number of nitrogens with zero attached hydrogens (tertiary/aromatic N) is 2. The maximum atomic E-state index is 13.4. The number of halogens is 1. The normalized spacial score (nSPS) is 21.9. The maximum Gasteiger partial charge on any atom is 0.325 e. The van der Waals surface area contributed by atoms with Crippen LogP contribution in [0.3, 0.4) is 0 Å². The van der Waals surface area contributed by atoms with Gasteiger partial charge in [-0.25, -0.2) is 9.18 Å². The van der Waals surface area contributed by atoms with E-state index in [0.717, 1.165) is 42.6 Å². The van der Waals surface area contributed by atoms with E-state index in [1.165, 1.54) is 24.3 Å². The summed E-state index contributed by atoms with van der Waals surface area (Å²) in [6.45, 7) is 1.83. The highest BCUT2D eigenvalue weighted by Crippen LogP contribution is 2.31. The second kappa shape index (κ2) is 10.6. The molecule has 0 spiro atoms. The van der Waals surface area contributed by atoms with Crippen molar-refractivity contribution < 1.29 is 28.2 Å². The summed E-state index contributed by atoms with van der Waals surface area (Å²) >= 11 is 0. The smallest absolute Gasteiger partial charge is 0.325 e. The molecule has 2 aliphatic heterocycles. The van der Waals surface area contributed by atoms with Crippen LogP contribution < -0.4 is 14.8 Å². The van der Waals surface area contributed by atoms with E-state index < -0.39 is 23.3 Å². The maximum absolute atomic E-state index is 13.4. The number of benzene rings is 2. The van der Waals surface area contributed by atoms with Gasteiger partial charge < -0.3 is 19.7 Å². The molecule has 2 fully saturated rings. The lowest BCUT2D eigenvalue weighted by Gasteiger charge is -2.36. The first-order valence-electron chi connectivity index (χ1n) is 12.2. The Labute approximate surface area is 210 Å². The number of likely N-dealkylation sites (tertiary alicyclic amines) is 1. The molecule has 2 heterocycles. The molecule has 192 valence electrons. The van der Waals surface area contributed by atoms with Crippen LogP contribution in [-0.4, -0.2) is 61.0 Å². The van der Waals surface area contributed by atoms with Crippen LogP contribution in [-0.2, 0) is 21.5 Å². The molecule has 2 aromatic carbocycles. The zero-order valence-electron chi connectivity index (χ0n) is 20.9. The Bertz CT molecular complexity index is 1140. The van der Waals surface area contributed by atoms with Crippen LogP contribution in [0.2, 0.25) is 0 Å². The van der Waals surface area contributed by atoms with Crippen molar-refractivity contribution >= 4 is 17.8 Å². The van der Waals surface area contributed by atoms with Gasteiger partial charge in [-0.3, -0.25) is 14.5 Å². The number of amides is 4. The van der Waals surface area contributed by atoms with Crippen LogP contribution in [0.5, 0.6) is 11.5 Å². The third-order valence-electron chi connectivity index (χ3n) is 7.15. The Hall–Kier alpha value is -3.62. The standard InChI is InChI=1S/C27H32FN3O5/c1-27(19-9-11-20(28)12-10-19)25(33)31(26(34)29-27)17-24(32)30-15-5-4-6-21(30)13-7-18-8-14-22(35-2)23(16-18)36-3/h8-12,14,16,21H,4-7,13,15,17H2,1-3H3,(H,29,34). The van der Waals surface area contributed by atoms with Crippen LogP contribution in [0.15, 0.2) is 42.5 Å². The molecule has 2 aliphatic rings. The summed E-state index contributed by atoms with van der Waals surface area (Å²) in [5, 5.41) is 2.67. The van der Waals surface area contributed by atoms with E-state index in [2.05, 4.69) is 5.32 Å². The summed E-state index contributed by atoms with van der Waals surface area (Å²) in [6, 6.07) is 10.6. The lowest BCUT2D eigenvalue weighted by molar-refractivity contribution is -0.141. The van der Waals surface area contributed by atoms with Gasteiger partial charge in [-0.15, -0.1) is 0 Å². The van der Waals surface area contributed by atoms with Crippen molar-refractivity contribution in [2.75, 3.05) is 27.3 Å². The Morgan fingerprint density at radius 3 is 2.50 bits per heavy atom. The largest absolute Gasteiger partial charge is 0.493 e. The Morgan fingerprint density at radius 1 is 1.08 bits per heavy atom. The molecular formula is C27H32FN3O5. The molecule has 4 amide bonds. The fraction of sp³-hybridized carbons (Fsp3) is 0.444. The molecule has 9 heteroatoms. The minimum atomic E-state index is -1.35. The van der Waals surface area contributed by atoms with Gasteiger partial charge in [0.15, 0.2) is 11.5 Å². The molecule has 0 saturated carbocycles. The van der Waals surface area contributed by atoms with Gasteiger partial charge >= 0.3 is 6.03 Å². The summed E-state index contributed by atoms with van der Waals surface area (Å²) in [4.78, 5) is 42.0. The number of hydrogen-bond donors (Lipinski definition) is 1. The second-order valence-corrected chi connectivity index (χ2v) is 9.42. The number of piperidine rings is 1. The van der Waals surface area contributed by atoms with Crippen LogP contribution in [0, 0.1) is 5.82 Å². The molecule has 4 rings (SSSR count). The molecule has 2 atom stereocenters. The molecule has 8 nitrogen and oxygen atoms in total. The lowest BCUT2D eigenvalue weighted by atomic mass is 9.92. The fourth-order valence-electron chi connectivity index (χ4n) is 5.04. The number of carbonyl (C=O) groups is 3. The zero-order valence-corrected chi connectivity index (χ0v) is 20.9. The number of imide groups is 1. The van der Waals surface area contributed by atoms with Crippen molar-refractivity contribution in [3.63, 3.8) is 0 Å². The number of carbonyl (C=O) groups excluding carboxylic acids is 3. The van der Waals surface area contributed by atoms with Crippen LogP contribution >= 0.6 is 0 Å². The molecular weight excluding hydrogens is 465 g/mol. The predicted molar refractivity (Wildman–Crippen MR) is 131 cm³/mol. The van der Waals surface area contributed by atoms with Crippen molar-refractivity contribution in [2.45, 2.75) is 50.6 Å². The summed E-state index contributed by atoms with van der Waals surface area (Å²) < 4.78 is 24.1. The molecule has 0 bridgehead atoms. The topological polar surface area (TPSA) is 88.2 Å². The van der Waals surface area contributed by atoms with E-state index >= 15 is 0 Å². The number of methoxy groups -OCH3 is 2. The van der Waals surface area contributed by atoms with E-state index in [4.69, 9.17) is 9.47 Å². The molecule has 1 N–H and O–H groups in total. The van der Waals surface area contributed by atoms with Crippen molar-refractivity contribution in [1.82, 2.24) is 15.1 Å². The van der Waals surface area contributed by atoms with E-state index in [0.29, 0.717) is 23.6 Å². The first-order valence-corrected chi connectivity index (χ1v) is 12.2. The number of urea groups is 1. The van der Waals surface area contributed by atoms with Crippen molar-refractivity contribution in [3.05, 3.63) is 59.4 Å². The summed E-state index contributed by atoms with van der Waals surface area (Å²) in [5.41, 5.74) is 0.192. The van der Waals surface area contributed by atoms with Crippen LogP contribution in [0.25, 0.3) is 0 Å². The number of rotatable bonds is 8. The monoisotopic (exact) mass is 497 g/mol. The van der Waals surface area contributed by atoms with Gasteiger partial charge in [0.1, 0.15) is 17.9 Å². The molecule has 36 heavy (non-hydrogen) atoms. The number of nitrogens with one attached hydrogen (secondary N) is 1. The summed E-state index contributed by atoms with van der Waals surface area (Å²) in [5.74, 6) is 0.117. The van der Waals surface area contributed by atoms with Gasteiger partial charge in [0.25, 0.3) is 5.91 Å². The Kier molecular flexibility index (Phi) is 7.47. The highest BCUT2D eigenvalue weighted by atomic mass is 19.1. The quantitative estimate of drug-likeness (QED) is 0.563. The molecule has 2 unspecified atom stereocenters.